The number of hydrogen-bond donors (Lipinski definition) is 2. The van der Waals surface area contributed by atoms with Crippen molar-refractivity contribution in [2.24, 2.45) is 0 Å². The number of fused-ring (bicyclic) bond motifs is 3. The second kappa shape index (κ2) is 2.52. The first-order chi connectivity index (χ1) is 6.90. The number of rotatable bonds is 1. The van der Waals surface area contributed by atoms with Gasteiger partial charge in [0.1, 0.15) is 11.8 Å². The molecule has 0 spiro atoms. The molecule has 0 atom stereocenters. The molecule has 0 radical (unpaired) electrons. The molecule has 6 heteroatoms. The molecule has 0 saturated carbocycles. The van der Waals surface area contributed by atoms with Gasteiger partial charge in [-0.05, 0) is 0 Å². The Bertz CT molecular complexity index is 596. The highest BCUT2D eigenvalue weighted by molar-refractivity contribution is 5.84. The third kappa shape index (κ3) is 0.801. The quantitative estimate of drug-likeness (QED) is 0.569. The summed E-state index contributed by atoms with van der Waals surface area (Å²) in [6.45, 7) is -0.0531. The fourth-order valence-corrected chi connectivity index (χ4v) is 1.49. The molecular formula is C8H7N5O. The van der Waals surface area contributed by atoms with E-state index >= 15 is 0 Å². The average molecular weight is 189 g/mol. The molecular weight excluding hydrogens is 182 g/mol. The van der Waals surface area contributed by atoms with E-state index in [4.69, 9.17) is 5.11 Å². The highest BCUT2D eigenvalue weighted by Crippen LogP contribution is 2.13. The number of nitrogens with one attached hydrogen (secondary N) is 1. The summed E-state index contributed by atoms with van der Waals surface area (Å²) in [4.78, 5) is 15.3. The fraction of sp³-hybridized carbons (Fsp3) is 0.125. The molecule has 0 unspecified atom stereocenters. The van der Waals surface area contributed by atoms with Crippen molar-refractivity contribution >= 4 is 16.8 Å². The molecule has 0 aliphatic heterocycles. The van der Waals surface area contributed by atoms with Crippen LogP contribution in [0.2, 0.25) is 0 Å². The third-order valence-corrected chi connectivity index (χ3v) is 2.17. The van der Waals surface area contributed by atoms with Gasteiger partial charge >= 0.3 is 0 Å². The van der Waals surface area contributed by atoms with Gasteiger partial charge in [-0.1, -0.05) is 0 Å². The van der Waals surface area contributed by atoms with Crippen molar-refractivity contribution in [3.63, 3.8) is 0 Å². The Balaban J connectivity index is 2.52. The van der Waals surface area contributed by atoms with Crippen LogP contribution in [0.15, 0.2) is 18.9 Å². The van der Waals surface area contributed by atoms with Crippen LogP contribution >= 0.6 is 0 Å². The van der Waals surface area contributed by atoms with Gasteiger partial charge in [-0.15, -0.1) is 0 Å². The highest BCUT2D eigenvalue weighted by atomic mass is 16.3. The zero-order chi connectivity index (χ0) is 9.54. The molecule has 0 amide bonds. The van der Waals surface area contributed by atoms with Crippen LogP contribution in [0, 0.1) is 0 Å². The minimum absolute atomic E-state index is 0.0531. The van der Waals surface area contributed by atoms with E-state index in [1.807, 2.05) is 0 Å². The van der Waals surface area contributed by atoms with E-state index in [1.54, 1.807) is 23.3 Å². The molecule has 0 bridgehead atoms. The maximum absolute atomic E-state index is 9.03. The summed E-state index contributed by atoms with van der Waals surface area (Å²) >= 11 is 0. The Kier molecular flexibility index (Phi) is 1.34. The lowest BCUT2D eigenvalue weighted by Crippen LogP contribution is -1.94. The second-order valence-corrected chi connectivity index (χ2v) is 2.95. The Hall–Kier alpha value is -1.95. The number of imidazole rings is 2. The van der Waals surface area contributed by atoms with Gasteiger partial charge in [0.15, 0.2) is 11.3 Å². The zero-order valence-corrected chi connectivity index (χ0v) is 7.18. The Morgan fingerprint density at radius 3 is 3.14 bits per heavy atom. The molecule has 14 heavy (non-hydrogen) atoms. The summed E-state index contributed by atoms with van der Waals surface area (Å²) in [7, 11) is 0. The number of aromatic amines is 1. The molecule has 6 nitrogen and oxygen atoms in total. The van der Waals surface area contributed by atoms with Gasteiger partial charge in [0, 0.05) is 0 Å². The van der Waals surface area contributed by atoms with Crippen LogP contribution in [0.4, 0.5) is 0 Å². The standard InChI is InChI=1S/C8H7N5O/c14-2-5-1-9-8-6-7(11-3-10-6)12-4-13(5)8/h1,3-4,14H,2H2,(H,10,11). The van der Waals surface area contributed by atoms with Crippen LogP contribution in [-0.4, -0.2) is 29.4 Å². The molecule has 3 rings (SSSR count). The maximum Gasteiger partial charge on any atom is 0.182 e. The SMILES string of the molecule is OCc1cnc2c3[nH]cnc3ncn12. The molecule has 0 aliphatic carbocycles. The van der Waals surface area contributed by atoms with Crippen LogP contribution < -0.4 is 0 Å². The molecule has 0 aromatic carbocycles. The highest BCUT2D eigenvalue weighted by Gasteiger charge is 2.07. The summed E-state index contributed by atoms with van der Waals surface area (Å²) in [5.41, 5.74) is 2.86. The number of nitrogens with zero attached hydrogens (tertiary/aromatic N) is 4. The zero-order valence-electron chi connectivity index (χ0n) is 7.18. The Morgan fingerprint density at radius 2 is 2.29 bits per heavy atom. The van der Waals surface area contributed by atoms with Crippen molar-refractivity contribution in [1.29, 1.82) is 0 Å². The van der Waals surface area contributed by atoms with E-state index < -0.39 is 0 Å². The number of hydrogen-bond acceptors (Lipinski definition) is 4. The molecule has 3 heterocycles. The van der Waals surface area contributed by atoms with E-state index in [0.717, 1.165) is 11.2 Å². The number of aliphatic hydroxyl groups is 1. The predicted molar refractivity (Wildman–Crippen MR) is 48.6 cm³/mol. The van der Waals surface area contributed by atoms with Crippen molar-refractivity contribution in [2.45, 2.75) is 6.61 Å². The topological polar surface area (TPSA) is 79.1 Å². The average Bonchev–Trinajstić information content (AvgIpc) is 2.82. The van der Waals surface area contributed by atoms with E-state index in [1.165, 1.54) is 0 Å². The molecule has 3 aromatic rings. The van der Waals surface area contributed by atoms with Gasteiger partial charge in [0.05, 0.1) is 24.8 Å². The number of aromatic nitrogens is 5. The molecule has 0 saturated heterocycles. The molecule has 2 N–H and O–H groups in total. The lowest BCUT2D eigenvalue weighted by Gasteiger charge is -1.96. The van der Waals surface area contributed by atoms with Crippen LogP contribution in [0.5, 0.6) is 0 Å². The number of H-pyrrole nitrogens is 1. The third-order valence-electron chi connectivity index (χ3n) is 2.17. The van der Waals surface area contributed by atoms with E-state index in [-0.39, 0.29) is 6.61 Å². The van der Waals surface area contributed by atoms with Crippen molar-refractivity contribution < 1.29 is 5.11 Å². The lowest BCUT2D eigenvalue weighted by atomic mass is 10.5. The minimum atomic E-state index is -0.0531. The molecule has 0 fully saturated rings. The van der Waals surface area contributed by atoms with Crippen LogP contribution in [0.3, 0.4) is 0 Å². The van der Waals surface area contributed by atoms with E-state index in [2.05, 4.69) is 19.9 Å². The van der Waals surface area contributed by atoms with Gasteiger partial charge in [0.2, 0.25) is 0 Å². The van der Waals surface area contributed by atoms with Gasteiger partial charge in [-0.3, -0.25) is 4.40 Å². The molecule has 3 aromatic heterocycles. The van der Waals surface area contributed by atoms with E-state index in [9.17, 15) is 0 Å². The van der Waals surface area contributed by atoms with Gasteiger partial charge in [-0.25, -0.2) is 15.0 Å². The fourth-order valence-electron chi connectivity index (χ4n) is 1.49. The van der Waals surface area contributed by atoms with Crippen LogP contribution in [0.1, 0.15) is 5.69 Å². The maximum atomic E-state index is 9.03. The minimum Gasteiger partial charge on any atom is -0.390 e. The smallest absolute Gasteiger partial charge is 0.182 e. The summed E-state index contributed by atoms with van der Waals surface area (Å²) in [5.74, 6) is 0. The van der Waals surface area contributed by atoms with Crippen molar-refractivity contribution in [3.05, 3.63) is 24.5 Å². The predicted octanol–water partition coefficient (Wildman–Crippen LogP) is 0.0979. The summed E-state index contributed by atoms with van der Waals surface area (Å²) in [6.07, 6.45) is 4.80. The number of aliphatic hydroxyl groups excluding tert-OH is 1. The lowest BCUT2D eigenvalue weighted by molar-refractivity contribution is 0.275. The van der Waals surface area contributed by atoms with Crippen molar-refractivity contribution in [1.82, 2.24) is 24.3 Å². The first-order valence-corrected chi connectivity index (χ1v) is 4.15. The largest absolute Gasteiger partial charge is 0.390 e. The molecule has 0 aliphatic rings. The van der Waals surface area contributed by atoms with Crippen molar-refractivity contribution in [2.75, 3.05) is 0 Å². The normalized spacial score (nSPS) is 11.5. The monoisotopic (exact) mass is 189 g/mol. The summed E-state index contributed by atoms with van der Waals surface area (Å²) in [6, 6.07) is 0. The summed E-state index contributed by atoms with van der Waals surface area (Å²) < 4.78 is 1.74. The Morgan fingerprint density at radius 1 is 1.36 bits per heavy atom. The first kappa shape index (κ1) is 7.45. The first-order valence-electron chi connectivity index (χ1n) is 4.15. The molecule has 70 valence electrons. The van der Waals surface area contributed by atoms with Gasteiger partial charge < -0.3 is 10.1 Å². The van der Waals surface area contributed by atoms with Crippen molar-refractivity contribution in [3.8, 4) is 0 Å². The summed E-state index contributed by atoms with van der Waals surface area (Å²) in [5, 5.41) is 9.03. The van der Waals surface area contributed by atoms with Crippen LogP contribution in [0.25, 0.3) is 16.8 Å². The van der Waals surface area contributed by atoms with E-state index in [0.29, 0.717) is 11.3 Å². The van der Waals surface area contributed by atoms with Gasteiger partial charge in [-0.2, -0.15) is 0 Å². The van der Waals surface area contributed by atoms with Gasteiger partial charge in [0.25, 0.3) is 0 Å². The Labute approximate surface area is 78.3 Å². The van der Waals surface area contributed by atoms with Crippen LogP contribution in [-0.2, 0) is 6.61 Å². The second-order valence-electron chi connectivity index (χ2n) is 2.95.